The van der Waals surface area contributed by atoms with Gasteiger partial charge in [-0.1, -0.05) is 6.07 Å². The number of thiophene rings is 1. The van der Waals surface area contributed by atoms with Gasteiger partial charge in [-0.05, 0) is 25.3 Å². The third-order valence-corrected chi connectivity index (χ3v) is 4.69. The zero-order valence-electron chi connectivity index (χ0n) is 8.77. The number of carboxylic acid groups (broad SMARTS) is 1. The molecule has 0 amide bonds. The summed E-state index contributed by atoms with van der Waals surface area (Å²) in [7, 11) is 0. The first kappa shape index (κ1) is 12.5. The molecule has 1 rings (SSSR count). The van der Waals surface area contributed by atoms with Crippen molar-refractivity contribution in [3.8, 4) is 0 Å². The molecule has 0 radical (unpaired) electrons. The predicted molar refractivity (Wildman–Crippen MR) is 65.3 cm³/mol. The van der Waals surface area contributed by atoms with Crippen molar-refractivity contribution in [1.29, 1.82) is 0 Å². The SMILES string of the molecule is CC(C)(SCc1cccs1)[C@H](N)C(=O)O. The Hall–Kier alpha value is -0.520. The Morgan fingerprint density at radius 2 is 2.40 bits per heavy atom. The Balaban J connectivity index is 2.53. The maximum atomic E-state index is 10.8. The fraction of sp³-hybridized carbons (Fsp3) is 0.500. The van der Waals surface area contributed by atoms with Crippen LogP contribution in [0.15, 0.2) is 17.5 Å². The number of aliphatic carboxylic acids is 1. The van der Waals surface area contributed by atoms with Gasteiger partial charge in [0.2, 0.25) is 0 Å². The summed E-state index contributed by atoms with van der Waals surface area (Å²) in [4.78, 5) is 12.0. The Bertz CT molecular complexity index is 322. The Kier molecular flexibility index (Phi) is 4.19. The summed E-state index contributed by atoms with van der Waals surface area (Å²) in [5.41, 5.74) is 5.62. The highest BCUT2D eigenvalue weighted by Crippen LogP contribution is 2.31. The maximum absolute atomic E-state index is 10.8. The lowest BCUT2D eigenvalue weighted by Gasteiger charge is -2.27. The second-order valence-corrected chi connectivity index (χ2v) is 6.45. The minimum absolute atomic E-state index is 0.449. The van der Waals surface area contributed by atoms with Gasteiger partial charge in [0.1, 0.15) is 6.04 Å². The first-order valence-corrected chi connectivity index (χ1v) is 6.45. The van der Waals surface area contributed by atoms with Crippen molar-refractivity contribution >= 4 is 29.1 Å². The molecule has 0 fully saturated rings. The zero-order chi connectivity index (χ0) is 11.5. The summed E-state index contributed by atoms with van der Waals surface area (Å²) in [5, 5.41) is 10.9. The van der Waals surface area contributed by atoms with E-state index in [0.29, 0.717) is 0 Å². The monoisotopic (exact) mass is 245 g/mol. The van der Waals surface area contributed by atoms with Gasteiger partial charge >= 0.3 is 5.97 Å². The minimum atomic E-state index is -0.946. The predicted octanol–water partition coefficient (Wildman–Crippen LogP) is 2.17. The van der Waals surface area contributed by atoms with E-state index in [0.717, 1.165) is 5.75 Å². The molecule has 3 N–H and O–H groups in total. The Morgan fingerprint density at radius 3 is 2.87 bits per heavy atom. The molecule has 15 heavy (non-hydrogen) atoms. The van der Waals surface area contributed by atoms with Crippen LogP contribution < -0.4 is 5.73 Å². The number of nitrogens with two attached hydrogens (primary N) is 1. The molecule has 5 heteroatoms. The van der Waals surface area contributed by atoms with Gasteiger partial charge in [0.05, 0.1) is 0 Å². The van der Waals surface area contributed by atoms with Gasteiger partial charge in [0.15, 0.2) is 0 Å². The fourth-order valence-corrected chi connectivity index (χ4v) is 2.87. The maximum Gasteiger partial charge on any atom is 0.321 e. The number of hydrogen-bond donors (Lipinski definition) is 2. The van der Waals surface area contributed by atoms with Crippen molar-refractivity contribution in [1.82, 2.24) is 0 Å². The van der Waals surface area contributed by atoms with E-state index in [1.807, 2.05) is 31.4 Å². The highest BCUT2D eigenvalue weighted by Gasteiger charge is 2.32. The molecule has 1 aromatic rings. The summed E-state index contributed by atoms with van der Waals surface area (Å²) in [6.07, 6.45) is 0. The normalized spacial score (nSPS) is 13.8. The van der Waals surface area contributed by atoms with E-state index in [9.17, 15) is 4.79 Å². The second kappa shape index (κ2) is 5.01. The van der Waals surface area contributed by atoms with Crippen molar-refractivity contribution in [3.63, 3.8) is 0 Å². The summed E-state index contributed by atoms with van der Waals surface area (Å²) in [6.45, 7) is 3.73. The molecular formula is C10H15NO2S2. The molecule has 84 valence electrons. The summed E-state index contributed by atoms with van der Waals surface area (Å²) >= 11 is 3.25. The summed E-state index contributed by atoms with van der Waals surface area (Å²) < 4.78 is -0.449. The Labute approximate surface area is 97.7 Å². The van der Waals surface area contributed by atoms with Gasteiger partial charge in [0, 0.05) is 15.4 Å². The number of carbonyl (C=O) groups is 1. The van der Waals surface area contributed by atoms with Crippen LogP contribution in [-0.4, -0.2) is 21.9 Å². The summed E-state index contributed by atoms with van der Waals surface area (Å²) in [5.74, 6) is -0.135. The van der Waals surface area contributed by atoms with E-state index in [1.54, 1.807) is 23.1 Å². The van der Waals surface area contributed by atoms with E-state index in [2.05, 4.69) is 0 Å². The van der Waals surface area contributed by atoms with Crippen LogP contribution >= 0.6 is 23.1 Å². The van der Waals surface area contributed by atoms with E-state index in [4.69, 9.17) is 10.8 Å². The van der Waals surface area contributed by atoms with Crippen LogP contribution in [0.25, 0.3) is 0 Å². The van der Waals surface area contributed by atoms with Gasteiger partial charge in [-0.15, -0.1) is 23.1 Å². The van der Waals surface area contributed by atoms with Crippen LogP contribution in [0.3, 0.4) is 0 Å². The molecule has 0 aromatic carbocycles. The van der Waals surface area contributed by atoms with Gasteiger partial charge in [-0.25, -0.2) is 0 Å². The van der Waals surface area contributed by atoms with E-state index in [-0.39, 0.29) is 0 Å². The van der Waals surface area contributed by atoms with Crippen molar-refractivity contribution in [3.05, 3.63) is 22.4 Å². The van der Waals surface area contributed by atoms with Gasteiger partial charge in [0.25, 0.3) is 0 Å². The number of hydrogen-bond acceptors (Lipinski definition) is 4. The van der Waals surface area contributed by atoms with Gasteiger partial charge < -0.3 is 10.8 Å². The molecule has 0 aliphatic rings. The van der Waals surface area contributed by atoms with E-state index < -0.39 is 16.8 Å². The van der Waals surface area contributed by atoms with Crippen LogP contribution in [0.5, 0.6) is 0 Å². The number of rotatable bonds is 5. The minimum Gasteiger partial charge on any atom is -0.480 e. The smallest absolute Gasteiger partial charge is 0.321 e. The lowest BCUT2D eigenvalue weighted by molar-refractivity contribution is -0.139. The lowest BCUT2D eigenvalue weighted by atomic mass is 10.1. The number of carboxylic acids is 1. The largest absolute Gasteiger partial charge is 0.480 e. The first-order chi connectivity index (χ1) is 6.93. The molecule has 0 saturated heterocycles. The topological polar surface area (TPSA) is 63.3 Å². The van der Waals surface area contributed by atoms with Gasteiger partial charge in [-0.3, -0.25) is 4.79 Å². The molecule has 1 heterocycles. The molecule has 0 bridgehead atoms. The second-order valence-electron chi connectivity index (χ2n) is 3.79. The zero-order valence-corrected chi connectivity index (χ0v) is 10.4. The molecular weight excluding hydrogens is 230 g/mol. The van der Waals surface area contributed by atoms with E-state index in [1.165, 1.54) is 4.88 Å². The molecule has 0 aliphatic heterocycles. The third kappa shape index (κ3) is 3.52. The van der Waals surface area contributed by atoms with Crippen molar-refractivity contribution < 1.29 is 9.90 Å². The highest BCUT2D eigenvalue weighted by atomic mass is 32.2. The molecule has 1 atom stereocenters. The molecule has 0 spiro atoms. The number of thioether (sulfide) groups is 1. The van der Waals surface area contributed by atoms with Crippen LogP contribution in [0.4, 0.5) is 0 Å². The van der Waals surface area contributed by atoms with Crippen molar-refractivity contribution in [2.75, 3.05) is 0 Å². The third-order valence-electron chi connectivity index (χ3n) is 2.18. The van der Waals surface area contributed by atoms with Gasteiger partial charge in [-0.2, -0.15) is 0 Å². The van der Waals surface area contributed by atoms with Crippen LogP contribution in [0, 0.1) is 0 Å². The molecule has 0 saturated carbocycles. The Morgan fingerprint density at radius 1 is 1.73 bits per heavy atom. The van der Waals surface area contributed by atoms with Crippen LogP contribution in [0.2, 0.25) is 0 Å². The quantitative estimate of drug-likeness (QED) is 0.834. The lowest BCUT2D eigenvalue weighted by Crippen LogP contribution is -2.46. The van der Waals surface area contributed by atoms with Crippen molar-refractivity contribution in [2.45, 2.75) is 30.4 Å². The first-order valence-electron chi connectivity index (χ1n) is 4.58. The fourth-order valence-electron chi connectivity index (χ4n) is 1.04. The molecule has 0 unspecified atom stereocenters. The highest BCUT2D eigenvalue weighted by molar-refractivity contribution is 8.00. The van der Waals surface area contributed by atoms with Crippen LogP contribution in [-0.2, 0) is 10.5 Å². The standard InChI is InChI=1S/C10H15NO2S2/c1-10(2,8(11)9(12)13)15-6-7-4-3-5-14-7/h3-5,8H,6,11H2,1-2H3,(H,12,13)/t8-/m1/s1. The molecule has 0 aliphatic carbocycles. The van der Waals surface area contributed by atoms with E-state index >= 15 is 0 Å². The van der Waals surface area contributed by atoms with Crippen molar-refractivity contribution in [2.24, 2.45) is 5.73 Å². The van der Waals surface area contributed by atoms with Crippen LogP contribution in [0.1, 0.15) is 18.7 Å². The molecule has 3 nitrogen and oxygen atoms in total. The average molecular weight is 245 g/mol. The average Bonchev–Trinajstić information content (AvgIpc) is 2.66. The molecule has 1 aromatic heterocycles. The summed E-state index contributed by atoms with van der Waals surface area (Å²) in [6, 6.07) is 3.20.